The Kier molecular flexibility index (Phi) is 3.89. The molecule has 0 heterocycles. The predicted octanol–water partition coefficient (Wildman–Crippen LogP) is 2.38. The molecule has 0 saturated heterocycles. The molecule has 0 bridgehead atoms. The minimum Gasteiger partial charge on any atom is -0.478 e. The first-order chi connectivity index (χ1) is 9.93. The van der Waals surface area contributed by atoms with Crippen molar-refractivity contribution in [2.45, 2.75) is 0 Å². The van der Waals surface area contributed by atoms with Crippen molar-refractivity contribution in [2.24, 2.45) is 0 Å². The van der Waals surface area contributed by atoms with E-state index < -0.39 is 17.7 Å². The quantitative estimate of drug-likeness (QED) is 0.849. The van der Waals surface area contributed by atoms with E-state index in [0.717, 1.165) is 11.0 Å². The van der Waals surface area contributed by atoms with Crippen molar-refractivity contribution in [1.29, 1.82) is 0 Å². The summed E-state index contributed by atoms with van der Waals surface area (Å²) in [5, 5.41) is 9.14. The average Bonchev–Trinajstić information content (AvgIpc) is 2.48. The fourth-order valence-electron chi connectivity index (χ4n) is 1.96. The lowest BCUT2D eigenvalue weighted by atomic mass is 10.1. The molecule has 108 valence electrons. The molecule has 5 nitrogen and oxygen atoms in total. The van der Waals surface area contributed by atoms with E-state index in [1.165, 1.54) is 31.3 Å². The maximum absolute atomic E-state index is 13.4. The number of carboxylic acids is 1. The van der Waals surface area contributed by atoms with Gasteiger partial charge in [-0.2, -0.15) is 0 Å². The third-order valence-electron chi connectivity index (χ3n) is 3.08. The summed E-state index contributed by atoms with van der Waals surface area (Å²) in [6.45, 7) is 0. The second-order valence-corrected chi connectivity index (χ2v) is 4.39. The second-order valence-electron chi connectivity index (χ2n) is 4.39. The summed E-state index contributed by atoms with van der Waals surface area (Å²) in [4.78, 5) is 24.7. The Morgan fingerprint density at radius 3 is 2.38 bits per heavy atom. The maximum atomic E-state index is 13.4. The molecule has 1 amide bonds. The van der Waals surface area contributed by atoms with Gasteiger partial charge in [-0.3, -0.25) is 4.79 Å². The van der Waals surface area contributed by atoms with Gasteiger partial charge in [0.1, 0.15) is 5.82 Å². The van der Waals surface area contributed by atoms with E-state index in [1.807, 2.05) is 0 Å². The van der Waals surface area contributed by atoms with Crippen LogP contribution in [0.15, 0.2) is 42.5 Å². The molecule has 3 N–H and O–H groups in total. The number of benzene rings is 2. The lowest BCUT2D eigenvalue weighted by molar-refractivity contribution is 0.0697. The molecule has 0 aliphatic rings. The first-order valence-corrected chi connectivity index (χ1v) is 6.08. The van der Waals surface area contributed by atoms with Crippen LogP contribution in [-0.4, -0.2) is 24.0 Å². The lowest BCUT2D eigenvalue weighted by Crippen LogP contribution is -2.28. The molecular weight excluding hydrogens is 275 g/mol. The fourth-order valence-corrected chi connectivity index (χ4v) is 1.96. The number of rotatable bonds is 3. The van der Waals surface area contributed by atoms with Crippen LogP contribution in [0.5, 0.6) is 0 Å². The van der Waals surface area contributed by atoms with Crippen molar-refractivity contribution in [2.75, 3.05) is 17.7 Å². The first kappa shape index (κ1) is 14.5. The number of hydrogen-bond acceptors (Lipinski definition) is 3. The molecule has 0 unspecified atom stereocenters. The molecule has 2 aromatic rings. The third-order valence-corrected chi connectivity index (χ3v) is 3.08. The molecule has 0 atom stereocenters. The molecule has 0 spiro atoms. The van der Waals surface area contributed by atoms with Crippen molar-refractivity contribution in [3.05, 3.63) is 59.4 Å². The number of aromatic carboxylic acids is 1. The van der Waals surface area contributed by atoms with Crippen LogP contribution in [0.2, 0.25) is 0 Å². The number of amides is 1. The highest BCUT2D eigenvalue weighted by molar-refractivity contribution is 6.11. The highest BCUT2D eigenvalue weighted by atomic mass is 19.1. The summed E-state index contributed by atoms with van der Waals surface area (Å²) < 4.78 is 13.4. The van der Waals surface area contributed by atoms with Crippen LogP contribution in [0.4, 0.5) is 15.8 Å². The number of anilines is 2. The van der Waals surface area contributed by atoms with E-state index in [2.05, 4.69) is 0 Å². The summed E-state index contributed by atoms with van der Waals surface area (Å²) >= 11 is 0. The Bertz CT molecular complexity index is 716. The normalized spacial score (nSPS) is 10.2. The number of carbonyl (C=O) groups is 2. The third kappa shape index (κ3) is 2.69. The zero-order chi connectivity index (χ0) is 15.6. The van der Waals surface area contributed by atoms with E-state index >= 15 is 0 Å². The van der Waals surface area contributed by atoms with Gasteiger partial charge in [0.2, 0.25) is 0 Å². The van der Waals surface area contributed by atoms with Gasteiger partial charge in [0, 0.05) is 7.05 Å². The number of carboxylic acid groups (broad SMARTS) is 1. The van der Waals surface area contributed by atoms with Gasteiger partial charge in [0.25, 0.3) is 5.91 Å². The molecule has 6 heteroatoms. The molecule has 0 aliphatic heterocycles. The highest BCUT2D eigenvalue weighted by Crippen LogP contribution is 2.24. The van der Waals surface area contributed by atoms with Crippen LogP contribution >= 0.6 is 0 Å². The van der Waals surface area contributed by atoms with Crippen LogP contribution in [0.25, 0.3) is 0 Å². The van der Waals surface area contributed by atoms with Gasteiger partial charge < -0.3 is 15.7 Å². The number of nitrogens with zero attached hydrogens (tertiary/aromatic N) is 1. The van der Waals surface area contributed by atoms with Crippen molar-refractivity contribution in [1.82, 2.24) is 0 Å². The Balaban J connectivity index is 2.45. The Labute approximate surface area is 120 Å². The molecule has 2 aromatic carbocycles. The van der Waals surface area contributed by atoms with Gasteiger partial charge in [-0.25, -0.2) is 9.18 Å². The highest BCUT2D eigenvalue weighted by Gasteiger charge is 2.21. The SMILES string of the molecule is CN(C(=O)c1cccc(F)c1N)c1ccccc1C(=O)O. The van der Waals surface area contributed by atoms with Gasteiger partial charge in [-0.05, 0) is 24.3 Å². The monoisotopic (exact) mass is 288 g/mol. The molecule has 21 heavy (non-hydrogen) atoms. The summed E-state index contributed by atoms with van der Waals surface area (Å²) in [5.74, 6) is -2.43. The first-order valence-electron chi connectivity index (χ1n) is 6.08. The summed E-state index contributed by atoms with van der Waals surface area (Å²) in [5.41, 5.74) is 5.46. The maximum Gasteiger partial charge on any atom is 0.337 e. The Hall–Kier alpha value is -2.89. The number of carbonyl (C=O) groups excluding carboxylic acids is 1. The van der Waals surface area contributed by atoms with Gasteiger partial charge in [0.05, 0.1) is 22.5 Å². The van der Waals surface area contributed by atoms with Crippen LogP contribution in [0.3, 0.4) is 0 Å². The zero-order valence-electron chi connectivity index (χ0n) is 11.2. The zero-order valence-corrected chi connectivity index (χ0v) is 11.2. The second kappa shape index (κ2) is 5.62. The predicted molar refractivity (Wildman–Crippen MR) is 76.9 cm³/mol. The van der Waals surface area contributed by atoms with E-state index in [1.54, 1.807) is 12.1 Å². The van der Waals surface area contributed by atoms with Crippen LogP contribution in [-0.2, 0) is 0 Å². The standard InChI is InChI=1S/C15H13FN2O3/c1-18(12-8-3-2-5-9(12)15(20)21)14(19)10-6-4-7-11(16)13(10)17/h2-8H,17H2,1H3,(H,20,21). The minimum absolute atomic E-state index is 0.0160. The van der Waals surface area contributed by atoms with E-state index in [9.17, 15) is 14.0 Å². The minimum atomic E-state index is -1.16. The van der Waals surface area contributed by atoms with E-state index in [0.29, 0.717) is 0 Å². The molecule has 0 saturated carbocycles. The summed E-state index contributed by atoms with van der Waals surface area (Å²) in [6.07, 6.45) is 0. The summed E-state index contributed by atoms with van der Waals surface area (Å²) in [6, 6.07) is 9.96. The molecule has 2 rings (SSSR count). The van der Waals surface area contributed by atoms with E-state index in [4.69, 9.17) is 10.8 Å². The van der Waals surface area contributed by atoms with Crippen molar-refractivity contribution < 1.29 is 19.1 Å². The molecule has 0 aliphatic carbocycles. The number of hydrogen-bond donors (Lipinski definition) is 2. The average molecular weight is 288 g/mol. The molecule has 0 radical (unpaired) electrons. The van der Waals surface area contributed by atoms with E-state index in [-0.39, 0.29) is 22.5 Å². The van der Waals surface area contributed by atoms with Gasteiger partial charge in [-0.1, -0.05) is 18.2 Å². The molecule has 0 aromatic heterocycles. The number of nitrogens with two attached hydrogens (primary N) is 1. The van der Waals surface area contributed by atoms with Gasteiger partial charge >= 0.3 is 5.97 Å². The van der Waals surface area contributed by atoms with Crippen molar-refractivity contribution in [3.8, 4) is 0 Å². The lowest BCUT2D eigenvalue weighted by Gasteiger charge is -2.20. The smallest absolute Gasteiger partial charge is 0.337 e. The molecule has 0 fully saturated rings. The van der Waals surface area contributed by atoms with Gasteiger partial charge in [-0.15, -0.1) is 0 Å². The van der Waals surface area contributed by atoms with Crippen LogP contribution < -0.4 is 10.6 Å². The Morgan fingerprint density at radius 2 is 1.71 bits per heavy atom. The largest absolute Gasteiger partial charge is 0.478 e. The van der Waals surface area contributed by atoms with Crippen molar-refractivity contribution in [3.63, 3.8) is 0 Å². The Morgan fingerprint density at radius 1 is 1.10 bits per heavy atom. The number of halogens is 1. The van der Waals surface area contributed by atoms with Crippen LogP contribution in [0.1, 0.15) is 20.7 Å². The van der Waals surface area contributed by atoms with Crippen LogP contribution in [0, 0.1) is 5.82 Å². The fraction of sp³-hybridized carbons (Fsp3) is 0.0667. The topological polar surface area (TPSA) is 83.6 Å². The number of para-hydroxylation sites is 2. The number of nitrogen functional groups attached to an aromatic ring is 1. The van der Waals surface area contributed by atoms with Gasteiger partial charge in [0.15, 0.2) is 0 Å². The molecular formula is C15H13FN2O3. The van der Waals surface area contributed by atoms with Crippen molar-refractivity contribution >= 4 is 23.3 Å². The summed E-state index contributed by atoms with van der Waals surface area (Å²) in [7, 11) is 1.41.